The van der Waals surface area contributed by atoms with Gasteiger partial charge in [-0.25, -0.2) is 0 Å². The number of non-ortho nitro benzene ring substituents is 1. The topological polar surface area (TPSA) is 91.0 Å². The van der Waals surface area contributed by atoms with Crippen LogP contribution >= 0.6 is 0 Å². The zero-order chi connectivity index (χ0) is 16.7. The normalized spacial score (nSPS) is 10.7. The lowest BCUT2D eigenvalue weighted by molar-refractivity contribution is -0.384. The minimum Gasteiger partial charge on any atom is -0.395 e. The van der Waals surface area contributed by atoms with E-state index in [0.717, 1.165) is 11.3 Å². The second-order valence-corrected chi connectivity index (χ2v) is 4.91. The Kier molecular flexibility index (Phi) is 5.65. The summed E-state index contributed by atoms with van der Waals surface area (Å²) in [4.78, 5) is 12.2. The highest BCUT2D eigenvalue weighted by Crippen LogP contribution is 2.17. The monoisotopic (exact) mass is 314 g/mol. The summed E-state index contributed by atoms with van der Waals surface area (Å²) in [6.45, 7) is 0.675. The molecule has 0 atom stereocenters. The van der Waals surface area contributed by atoms with Crippen molar-refractivity contribution in [1.82, 2.24) is 0 Å². The van der Waals surface area contributed by atoms with Crippen molar-refractivity contribution in [1.29, 1.82) is 0 Å². The maximum Gasteiger partial charge on any atom is 0.271 e. The second-order valence-electron chi connectivity index (χ2n) is 4.91. The van der Waals surface area contributed by atoms with Crippen LogP contribution in [-0.2, 0) is 0 Å². The molecular formula is C16H18N4O3. The van der Waals surface area contributed by atoms with Crippen molar-refractivity contribution >= 4 is 23.3 Å². The maximum absolute atomic E-state index is 10.7. The third kappa shape index (κ3) is 4.79. The Labute approximate surface area is 134 Å². The number of nitro benzene ring substituents is 1. The van der Waals surface area contributed by atoms with Gasteiger partial charge in [0.1, 0.15) is 0 Å². The van der Waals surface area contributed by atoms with E-state index >= 15 is 0 Å². The molecule has 2 rings (SSSR count). The average Bonchev–Trinajstić information content (AvgIpc) is 2.56. The van der Waals surface area contributed by atoms with Crippen LogP contribution in [0, 0.1) is 10.1 Å². The van der Waals surface area contributed by atoms with Gasteiger partial charge in [0.2, 0.25) is 0 Å². The van der Waals surface area contributed by atoms with Crippen LogP contribution in [0.2, 0.25) is 0 Å². The fourth-order valence-corrected chi connectivity index (χ4v) is 1.96. The van der Waals surface area contributed by atoms with Crippen molar-refractivity contribution in [3.05, 3.63) is 64.2 Å². The lowest BCUT2D eigenvalue weighted by Gasteiger charge is -2.17. The molecule has 0 aromatic heterocycles. The number of nitrogens with one attached hydrogen (secondary N) is 1. The summed E-state index contributed by atoms with van der Waals surface area (Å²) in [7, 11) is 1.91. The van der Waals surface area contributed by atoms with Crippen molar-refractivity contribution in [2.75, 3.05) is 30.5 Å². The number of benzene rings is 2. The van der Waals surface area contributed by atoms with Gasteiger partial charge >= 0.3 is 0 Å². The predicted molar refractivity (Wildman–Crippen MR) is 91.1 cm³/mol. The van der Waals surface area contributed by atoms with Gasteiger partial charge in [0.05, 0.1) is 23.4 Å². The van der Waals surface area contributed by atoms with E-state index in [4.69, 9.17) is 5.11 Å². The van der Waals surface area contributed by atoms with Gasteiger partial charge in [-0.05, 0) is 23.8 Å². The van der Waals surface area contributed by atoms with Gasteiger partial charge in [0.15, 0.2) is 0 Å². The van der Waals surface area contributed by atoms with Gasteiger partial charge in [-0.3, -0.25) is 15.5 Å². The van der Waals surface area contributed by atoms with Gasteiger partial charge in [-0.15, -0.1) is 0 Å². The van der Waals surface area contributed by atoms with E-state index in [1.165, 1.54) is 12.1 Å². The van der Waals surface area contributed by atoms with E-state index in [1.807, 2.05) is 36.2 Å². The molecule has 2 aromatic carbocycles. The molecule has 0 amide bonds. The van der Waals surface area contributed by atoms with E-state index < -0.39 is 4.92 Å². The number of hydrogen-bond acceptors (Lipinski definition) is 6. The van der Waals surface area contributed by atoms with Crippen molar-refractivity contribution < 1.29 is 10.0 Å². The third-order valence-corrected chi connectivity index (χ3v) is 3.23. The Bertz CT molecular complexity index is 686. The van der Waals surface area contributed by atoms with Gasteiger partial charge in [0, 0.05) is 31.4 Å². The standard InChI is InChI=1S/C16H18N4O3/c1-19(9-10-21)15-7-5-13(6-8-15)12-17-18-14-3-2-4-16(11-14)20(22)23/h2-8,11-12,18,21H,9-10H2,1H3/b17-12-. The summed E-state index contributed by atoms with van der Waals surface area (Å²) in [6.07, 6.45) is 1.63. The van der Waals surface area contributed by atoms with Crippen LogP contribution in [0.1, 0.15) is 5.56 Å². The Morgan fingerprint density at radius 1 is 1.30 bits per heavy atom. The smallest absolute Gasteiger partial charge is 0.271 e. The second kappa shape index (κ2) is 7.90. The molecule has 0 aliphatic rings. The molecule has 0 aliphatic heterocycles. The van der Waals surface area contributed by atoms with Crippen LogP contribution < -0.4 is 10.3 Å². The Balaban J connectivity index is 1.98. The molecule has 0 spiro atoms. The molecule has 0 saturated carbocycles. The number of likely N-dealkylation sites (N-methyl/N-ethyl adjacent to an activating group) is 1. The number of rotatable bonds is 7. The Morgan fingerprint density at radius 2 is 2.04 bits per heavy atom. The van der Waals surface area contributed by atoms with E-state index in [-0.39, 0.29) is 12.3 Å². The molecule has 0 radical (unpaired) electrons. The van der Waals surface area contributed by atoms with Crippen LogP contribution in [0.4, 0.5) is 17.1 Å². The van der Waals surface area contributed by atoms with E-state index in [0.29, 0.717) is 12.2 Å². The molecule has 0 bridgehead atoms. The molecule has 0 fully saturated rings. The quantitative estimate of drug-likeness (QED) is 0.465. The number of anilines is 2. The maximum atomic E-state index is 10.7. The van der Waals surface area contributed by atoms with Crippen molar-refractivity contribution in [2.24, 2.45) is 5.10 Å². The SMILES string of the molecule is CN(CCO)c1ccc(/C=N\Nc2cccc([N+](=O)[O-])c2)cc1. The molecule has 120 valence electrons. The molecule has 0 saturated heterocycles. The molecular weight excluding hydrogens is 296 g/mol. The van der Waals surface area contributed by atoms with Crippen molar-refractivity contribution in [3.63, 3.8) is 0 Å². The highest BCUT2D eigenvalue weighted by atomic mass is 16.6. The van der Waals surface area contributed by atoms with E-state index in [2.05, 4.69) is 10.5 Å². The molecule has 0 aliphatic carbocycles. The lowest BCUT2D eigenvalue weighted by atomic mass is 10.2. The number of aliphatic hydroxyl groups is 1. The number of hydrogen-bond donors (Lipinski definition) is 2. The third-order valence-electron chi connectivity index (χ3n) is 3.23. The first-order valence-corrected chi connectivity index (χ1v) is 7.06. The molecule has 7 heteroatoms. The lowest BCUT2D eigenvalue weighted by Crippen LogP contribution is -2.20. The Hall–Kier alpha value is -2.93. The first-order chi connectivity index (χ1) is 11.1. The first kappa shape index (κ1) is 16.4. The highest BCUT2D eigenvalue weighted by molar-refractivity contribution is 5.81. The predicted octanol–water partition coefficient (Wildman–Crippen LogP) is 2.47. The molecule has 2 N–H and O–H groups in total. The fraction of sp³-hybridized carbons (Fsp3) is 0.188. The van der Waals surface area contributed by atoms with Gasteiger partial charge in [-0.1, -0.05) is 18.2 Å². The zero-order valence-electron chi connectivity index (χ0n) is 12.7. The average molecular weight is 314 g/mol. The van der Waals surface area contributed by atoms with Gasteiger partial charge < -0.3 is 10.0 Å². The summed E-state index contributed by atoms with van der Waals surface area (Å²) in [5.74, 6) is 0. The Morgan fingerprint density at radius 3 is 2.70 bits per heavy atom. The summed E-state index contributed by atoms with van der Waals surface area (Å²) >= 11 is 0. The molecule has 23 heavy (non-hydrogen) atoms. The minimum absolute atomic E-state index is 0.0153. The zero-order valence-corrected chi connectivity index (χ0v) is 12.7. The number of hydrazone groups is 1. The fourth-order valence-electron chi connectivity index (χ4n) is 1.96. The summed E-state index contributed by atoms with van der Waals surface area (Å²) in [5, 5.41) is 23.7. The van der Waals surface area contributed by atoms with Crippen molar-refractivity contribution in [3.8, 4) is 0 Å². The number of nitro groups is 1. The largest absolute Gasteiger partial charge is 0.395 e. The van der Waals surface area contributed by atoms with Crippen LogP contribution in [0.25, 0.3) is 0 Å². The van der Waals surface area contributed by atoms with E-state index in [1.54, 1.807) is 18.3 Å². The molecule has 0 unspecified atom stereocenters. The summed E-state index contributed by atoms with van der Waals surface area (Å²) in [6, 6.07) is 13.8. The van der Waals surface area contributed by atoms with Crippen LogP contribution in [0.3, 0.4) is 0 Å². The van der Waals surface area contributed by atoms with Gasteiger partial charge in [0.25, 0.3) is 5.69 Å². The molecule has 0 heterocycles. The number of aliphatic hydroxyl groups excluding tert-OH is 1. The first-order valence-electron chi connectivity index (χ1n) is 7.06. The molecule has 2 aromatic rings. The highest BCUT2D eigenvalue weighted by Gasteiger charge is 2.04. The van der Waals surface area contributed by atoms with Crippen LogP contribution in [0.15, 0.2) is 53.6 Å². The van der Waals surface area contributed by atoms with Crippen LogP contribution in [0.5, 0.6) is 0 Å². The summed E-state index contributed by atoms with van der Waals surface area (Å²) in [5.41, 5.74) is 5.23. The molecule has 7 nitrogen and oxygen atoms in total. The van der Waals surface area contributed by atoms with Crippen molar-refractivity contribution in [2.45, 2.75) is 0 Å². The van der Waals surface area contributed by atoms with Gasteiger partial charge in [-0.2, -0.15) is 5.10 Å². The van der Waals surface area contributed by atoms with E-state index in [9.17, 15) is 10.1 Å². The number of nitrogens with zero attached hydrogens (tertiary/aromatic N) is 3. The minimum atomic E-state index is -0.448. The van der Waals surface area contributed by atoms with Crippen LogP contribution in [-0.4, -0.2) is 36.4 Å². The summed E-state index contributed by atoms with van der Waals surface area (Å²) < 4.78 is 0.